The van der Waals surface area contributed by atoms with Crippen molar-refractivity contribution in [3.63, 3.8) is 0 Å². The molecule has 0 heterocycles. The van der Waals surface area contributed by atoms with Gasteiger partial charge < -0.3 is 10.1 Å². The molecule has 0 aromatic heterocycles. The van der Waals surface area contributed by atoms with Crippen LogP contribution in [0.3, 0.4) is 0 Å². The monoisotopic (exact) mass is 517 g/mol. The highest BCUT2D eigenvalue weighted by Gasteiger charge is 2.24. The summed E-state index contributed by atoms with van der Waals surface area (Å²) in [7, 11) is 0. The van der Waals surface area contributed by atoms with Gasteiger partial charge in [-0.2, -0.15) is 0 Å². The van der Waals surface area contributed by atoms with Crippen molar-refractivity contribution in [1.29, 1.82) is 0 Å². The van der Waals surface area contributed by atoms with Crippen LogP contribution in [0.4, 0.5) is 0 Å². The highest BCUT2D eigenvalue weighted by atomic mass is 79.9. The van der Waals surface area contributed by atoms with E-state index in [9.17, 15) is 0 Å². The molecule has 0 saturated carbocycles. The fourth-order valence-electron chi connectivity index (χ4n) is 3.31. The van der Waals surface area contributed by atoms with Gasteiger partial charge in [0.15, 0.2) is 0 Å². The Balaban J connectivity index is 0.00000364. The molecule has 0 radical (unpaired) electrons. The van der Waals surface area contributed by atoms with E-state index in [0.29, 0.717) is 12.0 Å². The van der Waals surface area contributed by atoms with Crippen LogP contribution >= 0.6 is 44.3 Å². The van der Waals surface area contributed by atoms with Gasteiger partial charge in [0.25, 0.3) is 0 Å². The Morgan fingerprint density at radius 3 is 1.96 bits per heavy atom. The predicted octanol–water partition coefficient (Wildman–Crippen LogP) is 7.52. The van der Waals surface area contributed by atoms with E-state index in [1.54, 1.807) is 0 Å². The highest BCUT2D eigenvalue weighted by Crippen LogP contribution is 2.35. The maximum absolute atomic E-state index is 6.01. The van der Waals surface area contributed by atoms with Gasteiger partial charge in [0.1, 0.15) is 12.4 Å². The first kappa shape index (κ1) is 24.5. The number of hydrogen-bond donors (Lipinski definition) is 1. The smallest absolute Gasteiger partial charge is 0.148 e. The molecule has 0 aliphatic rings. The molecule has 2 aromatic rings. The van der Waals surface area contributed by atoms with Crippen LogP contribution in [0, 0.1) is 5.41 Å². The summed E-state index contributed by atoms with van der Waals surface area (Å²) in [6, 6.07) is 14.5. The molecule has 0 spiro atoms. The number of halogens is 3. The highest BCUT2D eigenvalue weighted by molar-refractivity contribution is 9.11. The lowest BCUT2D eigenvalue weighted by Crippen LogP contribution is -2.41. The Morgan fingerprint density at radius 2 is 1.44 bits per heavy atom. The summed E-state index contributed by atoms with van der Waals surface area (Å²) in [5, 5.41) is 3.68. The Hall–Kier alpha value is -0.550. The summed E-state index contributed by atoms with van der Waals surface area (Å²) >= 11 is 7.32. The molecule has 0 unspecified atom stereocenters. The van der Waals surface area contributed by atoms with Crippen molar-refractivity contribution in [1.82, 2.24) is 5.32 Å². The molecule has 0 bridgehead atoms. The van der Waals surface area contributed by atoms with E-state index in [0.717, 1.165) is 33.2 Å². The first-order valence-electron chi connectivity index (χ1n) is 8.95. The van der Waals surface area contributed by atoms with Crippen LogP contribution in [-0.2, 0) is 13.2 Å². The average Bonchev–Trinajstić information content (AvgIpc) is 2.51. The second-order valence-electron chi connectivity index (χ2n) is 8.64. The molecule has 2 nitrogen and oxygen atoms in total. The molecule has 2 aromatic carbocycles. The molecule has 0 atom stereocenters. The summed E-state index contributed by atoms with van der Waals surface area (Å²) in [6.45, 7) is 12.7. The summed E-state index contributed by atoms with van der Waals surface area (Å²) in [5.74, 6) is 0.839. The molecule has 5 heteroatoms. The summed E-state index contributed by atoms with van der Waals surface area (Å²) in [5.41, 5.74) is 2.76. The van der Waals surface area contributed by atoms with E-state index in [-0.39, 0.29) is 17.9 Å². The molecule has 0 aliphatic heterocycles. The first-order chi connectivity index (χ1) is 12.1. The fraction of sp³-hybridized carbons (Fsp3) is 0.455. The lowest BCUT2D eigenvalue weighted by molar-refractivity contribution is 0.240. The molecule has 0 saturated heterocycles. The molecule has 27 heavy (non-hydrogen) atoms. The minimum atomic E-state index is 0. The predicted molar refractivity (Wildman–Crippen MR) is 125 cm³/mol. The Labute approximate surface area is 187 Å². The van der Waals surface area contributed by atoms with Crippen molar-refractivity contribution in [3.05, 3.63) is 62.5 Å². The zero-order valence-electron chi connectivity index (χ0n) is 16.7. The van der Waals surface area contributed by atoms with Crippen LogP contribution in [0.25, 0.3) is 0 Å². The fourth-order valence-corrected chi connectivity index (χ4v) is 4.82. The van der Waals surface area contributed by atoms with Gasteiger partial charge in [-0.25, -0.2) is 0 Å². The second-order valence-corrected chi connectivity index (χ2v) is 10.3. The van der Waals surface area contributed by atoms with Crippen molar-refractivity contribution in [2.75, 3.05) is 0 Å². The molecule has 2 rings (SSSR count). The number of ether oxygens (including phenoxy) is 1. The van der Waals surface area contributed by atoms with Crippen LogP contribution in [0.2, 0.25) is 0 Å². The molecular formula is C22H30Br2ClNO. The lowest BCUT2D eigenvalue weighted by atomic mass is 9.82. The van der Waals surface area contributed by atoms with Gasteiger partial charge in [-0.3, -0.25) is 0 Å². The van der Waals surface area contributed by atoms with E-state index >= 15 is 0 Å². The van der Waals surface area contributed by atoms with Gasteiger partial charge in [-0.15, -0.1) is 12.4 Å². The van der Waals surface area contributed by atoms with Crippen LogP contribution in [0.1, 0.15) is 52.2 Å². The first-order valence-corrected chi connectivity index (χ1v) is 10.5. The minimum absolute atomic E-state index is 0. The van der Waals surface area contributed by atoms with Crippen LogP contribution < -0.4 is 10.1 Å². The Kier molecular flexibility index (Phi) is 9.33. The summed E-state index contributed by atoms with van der Waals surface area (Å²) in [6.07, 6.45) is 1.11. The normalized spacial score (nSPS) is 11.8. The van der Waals surface area contributed by atoms with Crippen molar-refractivity contribution in [2.24, 2.45) is 5.41 Å². The number of rotatable bonds is 7. The van der Waals surface area contributed by atoms with Gasteiger partial charge >= 0.3 is 0 Å². The topological polar surface area (TPSA) is 21.3 Å². The van der Waals surface area contributed by atoms with E-state index in [2.05, 4.69) is 96.1 Å². The third-order valence-corrected chi connectivity index (χ3v) is 5.21. The van der Waals surface area contributed by atoms with Crippen LogP contribution in [0.5, 0.6) is 5.75 Å². The second kappa shape index (κ2) is 10.3. The summed E-state index contributed by atoms with van der Waals surface area (Å²) in [4.78, 5) is 0. The van der Waals surface area contributed by atoms with Crippen molar-refractivity contribution < 1.29 is 4.74 Å². The number of nitrogens with one attached hydrogen (secondary N) is 1. The summed E-state index contributed by atoms with van der Waals surface area (Å²) < 4.78 is 7.94. The third-order valence-electron chi connectivity index (χ3n) is 4.03. The van der Waals surface area contributed by atoms with Gasteiger partial charge in [-0.1, -0.05) is 51.1 Å². The maximum atomic E-state index is 6.01. The molecule has 0 aliphatic carbocycles. The van der Waals surface area contributed by atoms with E-state index in [1.165, 1.54) is 5.56 Å². The van der Waals surface area contributed by atoms with Gasteiger partial charge in [-0.05, 0) is 80.8 Å². The van der Waals surface area contributed by atoms with E-state index in [1.807, 2.05) is 18.2 Å². The Bertz CT molecular complexity index is 704. The quantitative estimate of drug-likeness (QED) is 0.409. The third kappa shape index (κ3) is 8.55. The molecular weight excluding hydrogens is 490 g/mol. The average molecular weight is 520 g/mol. The zero-order chi connectivity index (χ0) is 19.4. The number of hydrogen-bond acceptors (Lipinski definition) is 2. The Morgan fingerprint density at radius 1 is 0.889 bits per heavy atom. The zero-order valence-corrected chi connectivity index (χ0v) is 20.7. The van der Waals surface area contributed by atoms with Crippen LogP contribution in [0.15, 0.2) is 51.4 Å². The standard InChI is InChI=1S/C22H29Br2NO.ClH/c1-21(2,3)15-22(4,5)25-13-17-11-18(23)20(19(24)12-17)26-14-16-9-7-6-8-10-16;/h6-12,25H,13-15H2,1-5H3;1H. The van der Waals surface area contributed by atoms with E-state index in [4.69, 9.17) is 4.74 Å². The van der Waals surface area contributed by atoms with Crippen molar-refractivity contribution in [2.45, 2.75) is 59.7 Å². The SMILES string of the molecule is CC(C)(C)CC(C)(C)NCc1cc(Br)c(OCc2ccccc2)c(Br)c1.Cl. The maximum Gasteiger partial charge on any atom is 0.148 e. The van der Waals surface area contributed by atoms with Crippen molar-refractivity contribution in [3.8, 4) is 5.75 Å². The number of benzene rings is 2. The molecule has 150 valence electrons. The minimum Gasteiger partial charge on any atom is -0.487 e. The lowest BCUT2D eigenvalue weighted by Gasteiger charge is -2.33. The van der Waals surface area contributed by atoms with Gasteiger partial charge in [0, 0.05) is 12.1 Å². The molecule has 0 amide bonds. The van der Waals surface area contributed by atoms with Gasteiger partial charge in [0.05, 0.1) is 8.95 Å². The largest absolute Gasteiger partial charge is 0.487 e. The van der Waals surface area contributed by atoms with Crippen LogP contribution in [-0.4, -0.2) is 5.54 Å². The van der Waals surface area contributed by atoms with E-state index < -0.39 is 0 Å². The van der Waals surface area contributed by atoms with Gasteiger partial charge in [0.2, 0.25) is 0 Å². The molecule has 0 fully saturated rings. The molecule has 1 N–H and O–H groups in total. The van der Waals surface area contributed by atoms with Crippen molar-refractivity contribution >= 4 is 44.3 Å².